The number of amides is 2. The zero-order valence-corrected chi connectivity index (χ0v) is 15.2. The highest BCUT2D eigenvalue weighted by molar-refractivity contribution is 8.00. The summed E-state index contributed by atoms with van der Waals surface area (Å²) in [5.74, 6) is 0.0506. The second-order valence-corrected chi connectivity index (χ2v) is 7.14. The van der Waals surface area contributed by atoms with Crippen LogP contribution in [0, 0.1) is 0 Å². The van der Waals surface area contributed by atoms with Crippen molar-refractivity contribution in [3.8, 4) is 0 Å². The summed E-state index contributed by atoms with van der Waals surface area (Å²) in [5.41, 5.74) is -0.102. The molecule has 1 aromatic heterocycles. The van der Waals surface area contributed by atoms with E-state index in [-0.39, 0.29) is 41.8 Å². The van der Waals surface area contributed by atoms with E-state index in [1.807, 2.05) is 0 Å². The summed E-state index contributed by atoms with van der Waals surface area (Å²) in [7, 11) is 1.60. The van der Waals surface area contributed by atoms with Gasteiger partial charge in [0.05, 0.1) is 17.6 Å². The third kappa shape index (κ3) is 4.29. The molecular formula is C18H17F3N2O3S. The Hall–Kier alpha value is -2.42. The average molecular weight is 398 g/mol. The summed E-state index contributed by atoms with van der Waals surface area (Å²) in [6.07, 6.45) is -2.99. The van der Waals surface area contributed by atoms with Crippen LogP contribution in [0.5, 0.6) is 0 Å². The van der Waals surface area contributed by atoms with E-state index < -0.39 is 11.7 Å². The molecule has 5 nitrogen and oxygen atoms in total. The lowest BCUT2D eigenvalue weighted by Gasteiger charge is -2.27. The molecule has 0 aliphatic carbocycles. The van der Waals surface area contributed by atoms with Crippen LogP contribution in [0.25, 0.3) is 0 Å². The van der Waals surface area contributed by atoms with Gasteiger partial charge in [0.1, 0.15) is 5.37 Å². The predicted octanol–water partition coefficient (Wildman–Crippen LogP) is 3.64. The van der Waals surface area contributed by atoms with E-state index in [2.05, 4.69) is 0 Å². The van der Waals surface area contributed by atoms with E-state index in [0.29, 0.717) is 5.56 Å². The minimum Gasteiger partial charge on any atom is -0.459 e. The Bertz CT molecular complexity index is 806. The fraction of sp³-hybridized carbons (Fsp3) is 0.333. The molecular weight excluding hydrogens is 381 g/mol. The minimum absolute atomic E-state index is 0.108. The number of benzene rings is 1. The maximum absolute atomic E-state index is 12.7. The third-order valence-electron chi connectivity index (χ3n) is 4.25. The van der Waals surface area contributed by atoms with Gasteiger partial charge < -0.3 is 14.2 Å². The Morgan fingerprint density at radius 2 is 2.00 bits per heavy atom. The van der Waals surface area contributed by atoms with Crippen LogP contribution in [0.4, 0.5) is 13.2 Å². The van der Waals surface area contributed by atoms with Crippen molar-refractivity contribution in [3.63, 3.8) is 0 Å². The molecule has 1 saturated heterocycles. The van der Waals surface area contributed by atoms with Gasteiger partial charge in [-0.15, -0.1) is 11.8 Å². The van der Waals surface area contributed by atoms with E-state index in [9.17, 15) is 22.8 Å². The van der Waals surface area contributed by atoms with Crippen LogP contribution in [0.3, 0.4) is 0 Å². The highest BCUT2D eigenvalue weighted by Crippen LogP contribution is 2.39. The van der Waals surface area contributed by atoms with Gasteiger partial charge in [0.2, 0.25) is 5.91 Å². The molecule has 144 valence electrons. The summed E-state index contributed by atoms with van der Waals surface area (Å²) >= 11 is 1.36. The molecule has 1 aromatic carbocycles. The molecule has 27 heavy (non-hydrogen) atoms. The summed E-state index contributed by atoms with van der Waals surface area (Å²) in [6.45, 7) is 0.559. The van der Waals surface area contributed by atoms with Crippen LogP contribution in [-0.2, 0) is 11.0 Å². The van der Waals surface area contributed by atoms with Gasteiger partial charge in [-0.3, -0.25) is 9.59 Å². The second kappa shape index (κ2) is 7.67. The van der Waals surface area contributed by atoms with Gasteiger partial charge in [-0.2, -0.15) is 13.2 Å². The van der Waals surface area contributed by atoms with Gasteiger partial charge in [0.15, 0.2) is 5.76 Å². The highest BCUT2D eigenvalue weighted by atomic mass is 32.2. The topological polar surface area (TPSA) is 53.8 Å². The van der Waals surface area contributed by atoms with Crippen LogP contribution in [0.1, 0.15) is 27.1 Å². The van der Waals surface area contributed by atoms with Crippen LogP contribution in [-0.4, -0.2) is 47.5 Å². The number of halogens is 3. The fourth-order valence-electron chi connectivity index (χ4n) is 2.76. The quantitative estimate of drug-likeness (QED) is 0.772. The zero-order valence-electron chi connectivity index (χ0n) is 14.4. The number of nitrogens with zero attached hydrogens (tertiary/aromatic N) is 2. The SMILES string of the molecule is CN(CCN1C(=O)CSC1c1ccc(C(F)(F)F)cc1)C(=O)c1ccco1. The van der Waals surface area contributed by atoms with Crippen molar-refractivity contribution in [2.75, 3.05) is 25.9 Å². The molecule has 0 N–H and O–H groups in total. The Morgan fingerprint density at radius 3 is 2.59 bits per heavy atom. The minimum atomic E-state index is -4.40. The molecule has 0 bridgehead atoms. The summed E-state index contributed by atoms with van der Waals surface area (Å²) in [4.78, 5) is 27.4. The first kappa shape index (κ1) is 19.3. The molecule has 1 atom stereocenters. The highest BCUT2D eigenvalue weighted by Gasteiger charge is 2.34. The molecule has 0 saturated carbocycles. The molecule has 0 radical (unpaired) electrons. The Balaban J connectivity index is 1.67. The maximum atomic E-state index is 12.7. The number of hydrogen-bond acceptors (Lipinski definition) is 4. The molecule has 2 aromatic rings. The second-order valence-electron chi connectivity index (χ2n) is 6.07. The van der Waals surface area contributed by atoms with Gasteiger partial charge in [0.25, 0.3) is 5.91 Å². The standard InChI is InChI=1S/C18H17F3N2O3S/c1-22(16(25)14-3-2-10-26-14)8-9-23-15(24)11-27-17(23)12-4-6-13(7-5-12)18(19,20)21/h2-7,10,17H,8-9,11H2,1H3. The maximum Gasteiger partial charge on any atom is 0.416 e. The molecule has 3 rings (SSSR count). The summed E-state index contributed by atoms with van der Waals surface area (Å²) in [6, 6.07) is 7.99. The molecule has 1 fully saturated rings. The van der Waals surface area contributed by atoms with Crippen molar-refractivity contribution < 1.29 is 27.2 Å². The van der Waals surface area contributed by atoms with Gasteiger partial charge in [-0.25, -0.2) is 0 Å². The molecule has 1 unspecified atom stereocenters. The number of thioether (sulfide) groups is 1. The van der Waals surface area contributed by atoms with E-state index in [1.165, 1.54) is 35.1 Å². The van der Waals surface area contributed by atoms with E-state index >= 15 is 0 Å². The van der Waals surface area contributed by atoms with Crippen molar-refractivity contribution in [2.45, 2.75) is 11.6 Å². The van der Waals surface area contributed by atoms with Crippen molar-refractivity contribution in [2.24, 2.45) is 0 Å². The van der Waals surface area contributed by atoms with Gasteiger partial charge >= 0.3 is 6.18 Å². The van der Waals surface area contributed by atoms with Crippen molar-refractivity contribution in [3.05, 3.63) is 59.5 Å². The Kier molecular flexibility index (Phi) is 5.50. The molecule has 9 heteroatoms. The smallest absolute Gasteiger partial charge is 0.416 e. The van der Waals surface area contributed by atoms with Gasteiger partial charge in [-0.05, 0) is 29.8 Å². The van der Waals surface area contributed by atoms with Crippen LogP contribution >= 0.6 is 11.8 Å². The monoisotopic (exact) mass is 398 g/mol. The summed E-state index contributed by atoms with van der Waals surface area (Å²) < 4.78 is 43.2. The largest absolute Gasteiger partial charge is 0.459 e. The number of carbonyl (C=O) groups is 2. The number of hydrogen-bond donors (Lipinski definition) is 0. The lowest BCUT2D eigenvalue weighted by atomic mass is 10.1. The van der Waals surface area contributed by atoms with Crippen molar-refractivity contribution >= 4 is 23.6 Å². The van der Waals surface area contributed by atoms with E-state index in [4.69, 9.17) is 4.42 Å². The number of furan rings is 1. The third-order valence-corrected chi connectivity index (χ3v) is 5.50. The lowest BCUT2D eigenvalue weighted by Crippen LogP contribution is -2.38. The molecule has 1 aliphatic heterocycles. The van der Waals surface area contributed by atoms with Crippen LogP contribution in [0.15, 0.2) is 47.1 Å². The van der Waals surface area contributed by atoms with Crippen LogP contribution < -0.4 is 0 Å². The number of carbonyl (C=O) groups excluding carboxylic acids is 2. The normalized spacial score (nSPS) is 17.4. The predicted molar refractivity (Wildman–Crippen MR) is 94.0 cm³/mol. The number of likely N-dealkylation sites (N-methyl/N-ethyl adjacent to an activating group) is 1. The first-order valence-electron chi connectivity index (χ1n) is 8.14. The first-order valence-corrected chi connectivity index (χ1v) is 9.19. The van der Waals surface area contributed by atoms with Crippen molar-refractivity contribution in [1.29, 1.82) is 0 Å². The lowest BCUT2D eigenvalue weighted by molar-refractivity contribution is -0.137. The number of rotatable bonds is 5. The Labute approximate surface area is 158 Å². The van der Waals surface area contributed by atoms with Gasteiger partial charge in [-0.1, -0.05) is 12.1 Å². The summed E-state index contributed by atoms with van der Waals surface area (Å²) in [5, 5.41) is -0.369. The van der Waals surface area contributed by atoms with Crippen LogP contribution in [0.2, 0.25) is 0 Å². The molecule has 2 amide bonds. The van der Waals surface area contributed by atoms with E-state index in [1.54, 1.807) is 24.1 Å². The number of alkyl halides is 3. The Morgan fingerprint density at radius 1 is 1.30 bits per heavy atom. The first-order chi connectivity index (χ1) is 12.8. The van der Waals surface area contributed by atoms with Gasteiger partial charge in [0, 0.05) is 20.1 Å². The molecule has 2 heterocycles. The van der Waals surface area contributed by atoms with Crippen molar-refractivity contribution in [1.82, 2.24) is 9.80 Å². The van der Waals surface area contributed by atoms with E-state index in [0.717, 1.165) is 12.1 Å². The molecule has 0 spiro atoms. The fourth-order valence-corrected chi connectivity index (χ4v) is 3.98. The average Bonchev–Trinajstić information content (AvgIpc) is 3.28. The molecule has 1 aliphatic rings. The zero-order chi connectivity index (χ0) is 19.6.